The zero-order valence-electron chi connectivity index (χ0n) is 14.3. The Bertz CT molecular complexity index is 745. The first-order chi connectivity index (χ1) is 12.0. The van der Waals surface area contributed by atoms with Crippen LogP contribution in [0.5, 0.6) is 5.75 Å². The summed E-state index contributed by atoms with van der Waals surface area (Å²) in [6.07, 6.45) is 0. The van der Waals surface area contributed by atoms with E-state index >= 15 is 0 Å². The maximum atomic E-state index is 11.9. The number of aryl methyl sites for hydroxylation is 2. The Balaban J connectivity index is 1.65. The lowest BCUT2D eigenvalue weighted by Gasteiger charge is -2.09. The summed E-state index contributed by atoms with van der Waals surface area (Å²) < 4.78 is 6.38. The van der Waals surface area contributed by atoms with E-state index in [0.29, 0.717) is 24.4 Å². The maximum absolute atomic E-state index is 11.9. The van der Waals surface area contributed by atoms with Crippen LogP contribution in [-0.2, 0) is 4.79 Å². The van der Waals surface area contributed by atoms with E-state index in [4.69, 9.17) is 4.74 Å². The molecule has 2 N–H and O–H groups in total. The fourth-order valence-corrected chi connectivity index (χ4v) is 2.35. The third-order valence-corrected chi connectivity index (χ3v) is 4.22. The van der Waals surface area contributed by atoms with Crippen molar-refractivity contribution in [2.24, 2.45) is 0 Å². The molecule has 0 aromatic heterocycles. The van der Waals surface area contributed by atoms with Crippen molar-refractivity contribution in [3.63, 3.8) is 0 Å². The van der Waals surface area contributed by atoms with Crippen LogP contribution in [0.2, 0.25) is 0 Å². The molecule has 0 radical (unpaired) electrons. The number of ether oxygens (including phenoxy) is 1. The molecule has 0 bridgehead atoms. The molecule has 0 spiro atoms. The second-order valence-electron chi connectivity index (χ2n) is 5.65. The Morgan fingerprint density at radius 3 is 2.32 bits per heavy atom. The van der Waals surface area contributed by atoms with E-state index in [1.54, 1.807) is 24.3 Å². The lowest BCUT2D eigenvalue weighted by atomic mass is 10.1. The molecule has 6 heteroatoms. The number of amides is 2. The quantitative estimate of drug-likeness (QED) is 0.696. The lowest BCUT2D eigenvalue weighted by molar-refractivity contribution is -0.123. The summed E-state index contributed by atoms with van der Waals surface area (Å²) in [7, 11) is 0. The van der Waals surface area contributed by atoms with Crippen molar-refractivity contribution < 1.29 is 14.3 Å². The SMILES string of the molecule is Cc1ccc(OCC(=O)NCCNC(=O)c2ccc(Br)cc2)cc1C. The zero-order chi connectivity index (χ0) is 18.2. The predicted octanol–water partition coefficient (Wildman–Crippen LogP) is 2.99. The van der Waals surface area contributed by atoms with E-state index in [9.17, 15) is 9.59 Å². The lowest BCUT2D eigenvalue weighted by Crippen LogP contribution is -2.36. The molecular formula is C19H21BrN2O3. The topological polar surface area (TPSA) is 67.4 Å². The van der Waals surface area contributed by atoms with Crippen molar-refractivity contribution in [2.45, 2.75) is 13.8 Å². The van der Waals surface area contributed by atoms with Gasteiger partial charge in [0, 0.05) is 23.1 Å². The fourth-order valence-electron chi connectivity index (χ4n) is 2.08. The Kier molecular flexibility index (Phi) is 7.01. The molecule has 2 aromatic rings. The van der Waals surface area contributed by atoms with Gasteiger partial charge in [-0.15, -0.1) is 0 Å². The second-order valence-corrected chi connectivity index (χ2v) is 6.56. The number of hydrogen-bond acceptors (Lipinski definition) is 3. The number of carbonyl (C=O) groups is 2. The Morgan fingerprint density at radius 1 is 0.960 bits per heavy atom. The highest BCUT2D eigenvalue weighted by molar-refractivity contribution is 9.10. The molecule has 0 saturated heterocycles. The Hall–Kier alpha value is -2.34. The summed E-state index contributed by atoms with van der Waals surface area (Å²) in [4.78, 5) is 23.7. The number of benzene rings is 2. The van der Waals surface area contributed by atoms with Gasteiger partial charge in [0.25, 0.3) is 11.8 Å². The molecule has 2 rings (SSSR count). The van der Waals surface area contributed by atoms with Crippen molar-refractivity contribution in [1.29, 1.82) is 0 Å². The van der Waals surface area contributed by atoms with Crippen LogP contribution < -0.4 is 15.4 Å². The van der Waals surface area contributed by atoms with Crippen molar-refractivity contribution in [3.05, 3.63) is 63.6 Å². The third kappa shape index (κ3) is 6.23. The molecule has 2 aromatic carbocycles. The molecule has 0 fully saturated rings. The molecule has 0 heterocycles. The highest BCUT2D eigenvalue weighted by Gasteiger charge is 2.06. The molecule has 0 aliphatic heterocycles. The number of nitrogens with one attached hydrogen (secondary N) is 2. The van der Waals surface area contributed by atoms with Crippen LogP contribution in [0.25, 0.3) is 0 Å². The first-order valence-electron chi connectivity index (χ1n) is 7.96. The van der Waals surface area contributed by atoms with Crippen LogP contribution in [0, 0.1) is 13.8 Å². The van der Waals surface area contributed by atoms with E-state index in [1.165, 1.54) is 5.56 Å². The van der Waals surface area contributed by atoms with Crippen molar-refractivity contribution in [3.8, 4) is 5.75 Å². The predicted molar refractivity (Wildman–Crippen MR) is 101 cm³/mol. The molecule has 0 atom stereocenters. The van der Waals surface area contributed by atoms with Gasteiger partial charge in [-0.2, -0.15) is 0 Å². The average molecular weight is 405 g/mol. The molecule has 25 heavy (non-hydrogen) atoms. The number of rotatable bonds is 7. The molecule has 0 unspecified atom stereocenters. The average Bonchev–Trinajstić information content (AvgIpc) is 2.60. The summed E-state index contributed by atoms with van der Waals surface area (Å²) >= 11 is 3.32. The minimum absolute atomic E-state index is 0.0524. The summed E-state index contributed by atoms with van der Waals surface area (Å²) in [6.45, 7) is 4.66. The van der Waals surface area contributed by atoms with Crippen LogP contribution >= 0.6 is 15.9 Å². The molecule has 0 saturated carbocycles. The van der Waals surface area contributed by atoms with Gasteiger partial charge in [-0.25, -0.2) is 0 Å². The van der Waals surface area contributed by atoms with Gasteiger partial charge in [0.2, 0.25) is 0 Å². The largest absolute Gasteiger partial charge is 0.484 e. The van der Waals surface area contributed by atoms with Crippen molar-refractivity contribution in [1.82, 2.24) is 10.6 Å². The minimum atomic E-state index is -0.226. The normalized spacial score (nSPS) is 10.2. The smallest absolute Gasteiger partial charge is 0.258 e. The van der Waals surface area contributed by atoms with Gasteiger partial charge in [-0.05, 0) is 61.4 Å². The van der Waals surface area contributed by atoms with Crippen LogP contribution in [-0.4, -0.2) is 31.5 Å². The monoisotopic (exact) mass is 404 g/mol. The van der Waals surface area contributed by atoms with E-state index in [2.05, 4.69) is 26.6 Å². The Labute approximate surface area is 155 Å². The molecule has 132 valence electrons. The van der Waals surface area contributed by atoms with Gasteiger partial charge < -0.3 is 15.4 Å². The van der Waals surface area contributed by atoms with Gasteiger partial charge in [0.05, 0.1) is 0 Å². The summed E-state index contributed by atoms with van der Waals surface area (Å²) in [5.41, 5.74) is 2.87. The van der Waals surface area contributed by atoms with Crippen LogP contribution in [0.1, 0.15) is 21.5 Å². The van der Waals surface area contributed by atoms with Crippen LogP contribution in [0.4, 0.5) is 0 Å². The van der Waals surface area contributed by atoms with Crippen molar-refractivity contribution >= 4 is 27.7 Å². The number of halogens is 1. The summed E-state index contributed by atoms with van der Waals surface area (Å²) in [5.74, 6) is 0.269. The van der Waals surface area contributed by atoms with Crippen molar-refractivity contribution in [2.75, 3.05) is 19.7 Å². The molecular weight excluding hydrogens is 384 g/mol. The van der Waals surface area contributed by atoms with Gasteiger partial charge >= 0.3 is 0 Å². The number of carbonyl (C=O) groups excluding carboxylic acids is 2. The Morgan fingerprint density at radius 2 is 1.64 bits per heavy atom. The van der Waals surface area contributed by atoms with Gasteiger partial charge in [0.1, 0.15) is 5.75 Å². The molecule has 0 aliphatic rings. The first kappa shape index (κ1) is 19.0. The fraction of sp³-hybridized carbons (Fsp3) is 0.263. The highest BCUT2D eigenvalue weighted by Crippen LogP contribution is 2.16. The van der Waals surface area contributed by atoms with Gasteiger partial charge in [-0.3, -0.25) is 9.59 Å². The number of hydrogen-bond donors (Lipinski definition) is 2. The van der Waals surface area contributed by atoms with Crippen LogP contribution in [0.3, 0.4) is 0 Å². The highest BCUT2D eigenvalue weighted by atomic mass is 79.9. The summed E-state index contributed by atoms with van der Waals surface area (Å²) in [5, 5.41) is 5.46. The maximum Gasteiger partial charge on any atom is 0.258 e. The van der Waals surface area contributed by atoms with E-state index in [-0.39, 0.29) is 18.4 Å². The van der Waals surface area contributed by atoms with E-state index < -0.39 is 0 Å². The molecule has 2 amide bonds. The third-order valence-electron chi connectivity index (χ3n) is 3.69. The van der Waals surface area contributed by atoms with Gasteiger partial charge in [-0.1, -0.05) is 22.0 Å². The van der Waals surface area contributed by atoms with E-state index in [0.717, 1.165) is 10.0 Å². The zero-order valence-corrected chi connectivity index (χ0v) is 15.9. The summed E-state index contributed by atoms with van der Waals surface area (Å²) in [6, 6.07) is 12.8. The van der Waals surface area contributed by atoms with Crippen LogP contribution in [0.15, 0.2) is 46.9 Å². The first-order valence-corrected chi connectivity index (χ1v) is 8.75. The minimum Gasteiger partial charge on any atom is -0.484 e. The molecule has 0 aliphatic carbocycles. The second kappa shape index (κ2) is 9.22. The standard InChI is InChI=1S/C19H21BrN2O3/c1-13-3-8-17(11-14(13)2)25-12-18(23)21-9-10-22-19(24)15-4-6-16(20)7-5-15/h3-8,11H,9-10,12H2,1-2H3,(H,21,23)(H,22,24). The van der Waals surface area contributed by atoms with Gasteiger partial charge in [0.15, 0.2) is 6.61 Å². The van der Waals surface area contributed by atoms with E-state index in [1.807, 2.05) is 32.0 Å². The molecule has 5 nitrogen and oxygen atoms in total.